The number of aromatic nitrogens is 1. The highest BCUT2D eigenvalue weighted by Crippen LogP contribution is 2.36. The fourth-order valence-electron chi connectivity index (χ4n) is 4.41. The fourth-order valence-corrected chi connectivity index (χ4v) is 7.37. The third-order valence-corrected chi connectivity index (χ3v) is 9.95. The van der Waals surface area contributed by atoms with Crippen LogP contribution in [0.4, 0.5) is 5.13 Å². The van der Waals surface area contributed by atoms with Crippen LogP contribution >= 0.6 is 34.5 Å². The first-order valence-corrected chi connectivity index (χ1v) is 14.5. The van der Waals surface area contributed by atoms with E-state index in [2.05, 4.69) is 0 Å². The Balaban J connectivity index is 1.54. The summed E-state index contributed by atoms with van der Waals surface area (Å²) < 4.78 is 29.2. The van der Waals surface area contributed by atoms with Crippen LogP contribution in [0.15, 0.2) is 71.6 Å². The highest BCUT2D eigenvalue weighted by atomic mass is 35.5. The second kappa shape index (κ2) is 10.1. The van der Waals surface area contributed by atoms with E-state index in [1.54, 1.807) is 4.90 Å². The van der Waals surface area contributed by atoms with Gasteiger partial charge in [0.15, 0.2) is 5.13 Å². The lowest BCUT2D eigenvalue weighted by molar-refractivity contribution is -0.121. The molecule has 186 valence electrons. The van der Waals surface area contributed by atoms with Crippen molar-refractivity contribution < 1.29 is 13.2 Å². The summed E-state index contributed by atoms with van der Waals surface area (Å²) in [5.41, 5.74) is 2.51. The van der Waals surface area contributed by atoms with E-state index in [0.29, 0.717) is 28.0 Å². The van der Waals surface area contributed by atoms with Crippen LogP contribution < -0.4 is 4.90 Å². The number of carbonyl (C=O) groups excluding carboxylic acids is 1. The molecule has 0 bridgehead atoms. The molecule has 6 nitrogen and oxygen atoms in total. The van der Waals surface area contributed by atoms with Gasteiger partial charge in [-0.05, 0) is 67.3 Å². The number of anilines is 1. The second-order valence-electron chi connectivity index (χ2n) is 8.65. The Labute approximate surface area is 224 Å². The van der Waals surface area contributed by atoms with Crippen molar-refractivity contribution in [3.05, 3.63) is 87.9 Å². The molecule has 4 aromatic rings. The number of amides is 1. The highest BCUT2D eigenvalue weighted by molar-refractivity contribution is 7.89. The summed E-state index contributed by atoms with van der Waals surface area (Å²) in [6.45, 7) is 2.45. The number of benzene rings is 3. The van der Waals surface area contributed by atoms with Crippen LogP contribution in [-0.4, -0.2) is 36.2 Å². The quantitative estimate of drug-likeness (QED) is 0.278. The zero-order valence-electron chi connectivity index (χ0n) is 19.4. The molecule has 1 saturated heterocycles. The molecule has 1 amide bonds. The van der Waals surface area contributed by atoms with Crippen molar-refractivity contribution in [2.75, 3.05) is 11.4 Å². The van der Waals surface area contributed by atoms with Crippen LogP contribution in [0.25, 0.3) is 10.2 Å². The normalized spacial score (nSPS) is 16.5. The van der Waals surface area contributed by atoms with Crippen molar-refractivity contribution in [2.24, 2.45) is 0 Å². The van der Waals surface area contributed by atoms with Gasteiger partial charge in [-0.25, -0.2) is 13.4 Å². The number of halogens is 2. The van der Waals surface area contributed by atoms with Gasteiger partial charge in [-0.3, -0.25) is 9.69 Å². The van der Waals surface area contributed by atoms with E-state index >= 15 is 0 Å². The van der Waals surface area contributed by atoms with E-state index in [1.807, 2.05) is 49.4 Å². The van der Waals surface area contributed by atoms with Crippen LogP contribution in [0.3, 0.4) is 0 Å². The molecule has 1 aliphatic heterocycles. The monoisotopic (exact) mass is 559 g/mol. The van der Waals surface area contributed by atoms with Gasteiger partial charge in [-0.1, -0.05) is 64.9 Å². The lowest BCUT2D eigenvalue weighted by atomic mass is 10.1. The molecule has 1 unspecified atom stereocenters. The SMILES string of the molecule is Cc1c(Cl)ccc2sc(N(Cc3ccccc3)C(=O)C3CCCN3S(=O)(=O)c3ccc(Cl)cc3)nc12. The number of aryl methyl sites for hydroxylation is 1. The Bertz CT molecular complexity index is 1520. The number of hydrogen-bond donors (Lipinski definition) is 0. The highest BCUT2D eigenvalue weighted by Gasteiger charge is 2.42. The van der Waals surface area contributed by atoms with Gasteiger partial charge in [0.05, 0.1) is 21.7 Å². The summed E-state index contributed by atoms with van der Waals surface area (Å²) in [4.78, 5) is 20.6. The summed E-state index contributed by atoms with van der Waals surface area (Å²) in [5, 5.41) is 1.57. The zero-order chi connectivity index (χ0) is 25.4. The lowest BCUT2D eigenvalue weighted by Crippen LogP contribution is -2.47. The molecule has 36 heavy (non-hydrogen) atoms. The predicted octanol–water partition coefficient (Wildman–Crippen LogP) is 6.30. The van der Waals surface area contributed by atoms with E-state index in [9.17, 15) is 13.2 Å². The molecule has 0 aliphatic carbocycles. The predicted molar refractivity (Wildman–Crippen MR) is 145 cm³/mol. The van der Waals surface area contributed by atoms with E-state index < -0.39 is 16.1 Å². The van der Waals surface area contributed by atoms with Crippen LogP contribution in [0.1, 0.15) is 24.0 Å². The Kier molecular flexibility index (Phi) is 7.07. The molecule has 2 heterocycles. The van der Waals surface area contributed by atoms with Gasteiger partial charge in [0.1, 0.15) is 6.04 Å². The largest absolute Gasteiger partial charge is 0.282 e. The molecule has 1 fully saturated rings. The van der Waals surface area contributed by atoms with Crippen LogP contribution in [0, 0.1) is 6.92 Å². The van der Waals surface area contributed by atoms with Gasteiger partial charge in [-0.2, -0.15) is 4.31 Å². The number of rotatable bonds is 6. The molecule has 0 radical (unpaired) electrons. The summed E-state index contributed by atoms with van der Waals surface area (Å²) >= 11 is 13.7. The minimum atomic E-state index is -3.88. The van der Waals surface area contributed by atoms with Crippen molar-refractivity contribution in [3.63, 3.8) is 0 Å². The standard InChI is InChI=1S/C26H23Cl2N3O3S2/c1-17-21(28)13-14-23-24(17)29-26(35-23)30(16-18-6-3-2-4-7-18)25(32)22-8-5-15-31(22)36(33,34)20-11-9-19(27)10-12-20/h2-4,6-7,9-14,22H,5,8,15-16H2,1H3. The number of nitrogens with zero attached hydrogens (tertiary/aromatic N) is 3. The van der Waals surface area contributed by atoms with Crippen molar-refractivity contribution in [3.8, 4) is 0 Å². The molecule has 3 aromatic carbocycles. The topological polar surface area (TPSA) is 70.6 Å². The van der Waals surface area contributed by atoms with Crippen molar-refractivity contribution in [2.45, 2.75) is 37.2 Å². The maximum absolute atomic E-state index is 14.1. The number of carbonyl (C=O) groups is 1. The summed E-state index contributed by atoms with van der Waals surface area (Å²) in [5.74, 6) is -0.295. The molecule has 0 saturated carbocycles. The van der Waals surface area contributed by atoms with E-state index in [0.717, 1.165) is 21.3 Å². The van der Waals surface area contributed by atoms with E-state index in [4.69, 9.17) is 28.2 Å². The van der Waals surface area contributed by atoms with Crippen molar-refractivity contribution in [1.29, 1.82) is 0 Å². The summed E-state index contributed by atoms with van der Waals surface area (Å²) in [6, 6.07) is 18.5. The molecule has 0 N–H and O–H groups in total. The van der Waals surface area contributed by atoms with Gasteiger partial charge in [0, 0.05) is 16.6 Å². The zero-order valence-corrected chi connectivity index (χ0v) is 22.5. The number of hydrogen-bond acceptors (Lipinski definition) is 5. The first-order chi connectivity index (χ1) is 17.3. The number of thiazole rings is 1. The molecule has 0 spiro atoms. The third kappa shape index (κ3) is 4.76. The van der Waals surface area contributed by atoms with Crippen LogP contribution in [0.5, 0.6) is 0 Å². The number of sulfonamides is 1. The fraction of sp³-hybridized carbons (Fsp3) is 0.231. The number of fused-ring (bicyclic) bond motifs is 1. The summed E-state index contributed by atoms with van der Waals surface area (Å²) in [7, 11) is -3.88. The van der Waals surface area contributed by atoms with Gasteiger partial charge < -0.3 is 0 Å². The van der Waals surface area contributed by atoms with Gasteiger partial charge >= 0.3 is 0 Å². The minimum absolute atomic E-state index is 0.117. The van der Waals surface area contributed by atoms with Gasteiger partial charge in [0.2, 0.25) is 15.9 Å². The molecular formula is C26H23Cl2N3O3S2. The Morgan fingerprint density at radius 3 is 2.53 bits per heavy atom. The Morgan fingerprint density at radius 1 is 1.08 bits per heavy atom. The van der Waals surface area contributed by atoms with Crippen LogP contribution in [-0.2, 0) is 21.4 Å². The first kappa shape index (κ1) is 25.2. The molecule has 1 aromatic heterocycles. The lowest BCUT2D eigenvalue weighted by Gasteiger charge is -2.28. The minimum Gasteiger partial charge on any atom is -0.282 e. The molecule has 10 heteroatoms. The molecule has 1 atom stereocenters. The van der Waals surface area contributed by atoms with E-state index in [-0.39, 0.29) is 23.9 Å². The first-order valence-electron chi connectivity index (χ1n) is 11.4. The average molecular weight is 561 g/mol. The van der Waals surface area contributed by atoms with Crippen LogP contribution in [0.2, 0.25) is 10.0 Å². The van der Waals surface area contributed by atoms with Crippen molar-refractivity contribution >= 4 is 65.8 Å². The Morgan fingerprint density at radius 2 is 1.81 bits per heavy atom. The smallest absolute Gasteiger partial charge is 0.247 e. The molecule has 1 aliphatic rings. The maximum Gasteiger partial charge on any atom is 0.247 e. The average Bonchev–Trinajstić information content (AvgIpc) is 3.54. The molecular weight excluding hydrogens is 537 g/mol. The maximum atomic E-state index is 14.1. The van der Waals surface area contributed by atoms with Crippen molar-refractivity contribution in [1.82, 2.24) is 9.29 Å². The molecule has 5 rings (SSSR count). The second-order valence-corrected chi connectivity index (χ2v) is 12.4. The summed E-state index contributed by atoms with van der Waals surface area (Å²) in [6.07, 6.45) is 1.03. The Hall–Kier alpha value is -2.49. The van der Waals surface area contributed by atoms with E-state index in [1.165, 1.54) is 39.9 Å². The third-order valence-electron chi connectivity index (χ3n) is 6.33. The van der Waals surface area contributed by atoms with Gasteiger partial charge in [-0.15, -0.1) is 0 Å². The van der Waals surface area contributed by atoms with Gasteiger partial charge in [0.25, 0.3) is 0 Å².